The molecule has 0 aliphatic carbocycles. The third kappa shape index (κ3) is 3.80. The average Bonchev–Trinajstić information content (AvgIpc) is 3.41. The number of anilines is 1. The predicted octanol–water partition coefficient (Wildman–Crippen LogP) is 2.34. The number of nitrogen functional groups attached to an aromatic ring is 1. The van der Waals surface area contributed by atoms with Gasteiger partial charge in [0.25, 0.3) is 5.91 Å². The highest BCUT2D eigenvalue weighted by Gasteiger charge is 2.45. The van der Waals surface area contributed by atoms with Crippen LogP contribution in [-0.2, 0) is 11.2 Å². The van der Waals surface area contributed by atoms with E-state index in [4.69, 9.17) is 21.9 Å². The van der Waals surface area contributed by atoms with E-state index in [1.807, 2.05) is 12.1 Å². The third-order valence-electron chi connectivity index (χ3n) is 7.34. The van der Waals surface area contributed by atoms with Crippen LogP contribution in [0.2, 0.25) is 0 Å². The summed E-state index contributed by atoms with van der Waals surface area (Å²) in [6.07, 6.45) is 8.07. The lowest BCUT2D eigenvalue weighted by molar-refractivity contribution is -0.128. The van der Waals surface area contributed by atoms with Crippen molar-refractivity contribution < 1.29 is 9.59 Å². The van der Waals surface area contributed by atoms with Crippen LogP contribution in [0.3, 0.4) is 0 Å². The van der Waals surface area contributed by atoms with Crippen molar-refractivity contribution in [3.63, 3.8) is 0 Å². The zero-order valence-corrected chi connectivity index (χ0v) is 20.3. The van der Waals surface area contributed by atoms with Gasteiger partial charge in [0.2, 0.25) is 0 Å². The van der Waals surface area contributed by atoms with E-state index in [0.717, 1.165) is 42.4 Å². The minimum atomic E-state index is -0.347. The van der Waals surface area contributed by atoms with Gasteiger partial charge in [0.05, 0.1) is 17.5 Å². The molecule has 3 aromatic heterocycles. The van der Waals surface area contributed by atoms with Crippen LogP contribution in [-0.4, -0.2) is 60.4 Å². The molecular weight excluding hydrogens is 458 g/mol. The summed E-state index contributed by atoms with van der Waals surface area (Å²) in [4.78, 5) is 40.5. The van der Waals surface area contributed by atoms with E-state index in [-0.39, 0.29) is 41.3 Å². The first-order chi connectivity index (χ1) is 17.3. The van der Waals surface area contributed by atoms with Gasteiger partial charge < -0.3 is 16.4 Å². The molecule has 0 aromatic carbocycles. The van der Waals surface area contributed by atoms with Gasteiger partial charge >= 0.3 is 0 Å². The van der Waals surface area contributed by atoms with Crippen molar-refractivity contribution in [2.45, 2.75) is 64.0 Å². The predicted molar refractivity (Wildman–Crippen MR) is 136 cm³/mol. The summed E-state index contributed by atoms with van der Waals surface area (Å²) in [6.45, 7) is 3.54. The number of carbonyl (C=O) groups excluding carboxylic acids is 2. The Bertz CT molecular complexity index is 1380. The number of aryl methyl sites for hydroxylation is 1. The number of nitrogens with two attached hydrogens (primary N) is 2. The highest BCUT2D eigenvalue weighted by molar-refractivity contribution is 6.38. The molecule has 5 N–H and O–H groups in total. The van der Waals surface area contributed by atoms with Crippen molar-refractivity contribution in [1.82, 2.24) is 24.5 Å². The van der Waals surface area contributed by atoms with Crippen LogP contribution < -0.4 is 11.5 Å². The van der Waals surface area contributed by atoms with Crippen molar-refractivity contribution in [3.05, 3.63) is 41.5 Å². The van der Waals surface area contributed by atoms with Crippen molar-refractivity contribution in [2.75, 3.05) is 5.73 Å². The van der Waals surface area contributed by atoms with E-state index in [0.29, 0.717) is 29.7 Å². The second-order valence-corrected chi connectivity index (χ2v) is 9.41. The Morgan fingerprint density at radius 1 is 1.22 bits per heavy atom. The number of amides is 1. The van der Waals surface area contributed by atoms with Crippen LogP contribution in [0.4, 0.5) is 5.82 Å². The van der Waals surface area contributed by atoms with E-state index in [9.17, 15) is 9.59 Å². The standard InChI is InChI=1S/C25H29N9O2/c1-3-16-5-4-14(10-29-16)19-11-31-34-23(28)20(13(2)35)21(32-24(19)34)15-8-17-6-7-18(9-15)33(17)25(36)22(27)30-12-26/h4-5,10-12,15,17-18H,3,6-9,28H2,1-2H3,(H3,26,27,30). The van der Waals surface area contributed by atoms with E-state index < -0.39 is 0 Å². The minimum absolute atomic E-state index is 0.0463. The van der Waals surface area contributed by atoms with Gasteiger partial charge in [0.1, 0.15) is 12.2 Å². The first-order valence-electron chi connectivity index (χ1n) is 12.1. The molecule has 11 nitrogen and oxygen atoms in total. The smallest absolute Gasteiger partial charge is 0.289 e. The molecule has 0 radical (unpaired) electrons. The number of aromatic nitrogens is 4. The maximum Gasteiger partial charge on any atom is 0.289 e. The number of piperidine rings is 1. The zero-order valence-electron chi connectivity index (χ0n) is 20.3. The van der Waals surface area contributed by atoms with Gasteiger partial charge in [-0.1, -0.05) is 13.0 Å². The van der Waals surface area contributed by atoms with Gasteiger partial charge in [-0.3, -0.25) is 20.0 Å². The molecule has 5 rings (SSSR count). The number of aliphatic imine (C=N–C) groups is 1. The lowest BCUT2D eigenvalue weighted by Gasteiger charge is -2.39. The fraction of sp³-hybridized carbons (Fsp3) is 0.400. The summed E-state index contributed by atoms with van der Waals surface area (Å²) in [5.74, 6) is -0.487. The first kappa shape index (κ1) is 23.6. The highest BCUT2D eigenvalue weighted by Crippen LogP contribution is 2.44. The number of rotatable bonds is 5. The van der Waals surface area contributed by atoms with Crippen molar-refractivity contribution in [2.24, 2.45) is 10.7 Å². The van der Waals surface area contributed by atoms with Gasteiger partial charge in [0, 0.05) is 41.0 Å². The molecular formula is C25H29N9O2. The maximum atomic E-state index is 12.9. The summed E-state index contributed by atoms with van der Waals surface area (Å²) in [7, 11) is 0. The van der Waals surface area contributed by atoms with Crippen LogP contribution in [0, 0.1) is 5.41 Å². The Morgan fingerprint density at radius 2 is 1.94 bits per heavy atom. The average molecular weight is 488 g/mol. The quantitative estimate of drug-likeness (QED) is 0.282. The lowest BCUT2D eigenvalue weighted by Crippen LogP contribution is -2.50. The molecule has 2 aliphatic rings. The molecule has 1 amide bonds. The zero-order chi connectivity index (χ0) is 25.6. The largest absolute Gasteiger partial charge is 0.383 e. The lowest BCUT2D eigenvalue weighted by atomic mass is 9.85. The van der Waals surface area contributed by atoms with E-state index in [1.54, 1.807) is 17.3 Å². The minimum Gasteiger partial charge on any atom is -0.383 e. The molecule has 0 saturated carbocycles. The Morgan fingerprint density at radius 3 is 2.53 bits per heavy atom. The summed E-state index contributed by atoms with van der Waals surface area (Å²) in [6, 6.07) is 3.87. The van der Waals surface area contributed by atoms with E-state index in [2.05, 4.69) is 22.0 Å². The summed E-state index contributed by atoms with van der Waals surface area (Å²) < 4.78 is 1.52. The van der Waals surface area contributed by atoms with Gasteiger partial charge in [-0.2, -0.15) is 9.61 Å². The number of fused-ring (bicyclic) bond motifs is 3. The number of carbonyl (C=O) groups is 2. The second-order valence-electron chi connectivity index (χ2n) is 9.41. The summed E-state index contributed by atoms with van der Waals surface area (Å²) >= 11 is 0. The molecule has 11 heteroatoms. The van der Waals surface area contributed by atoms with Crippen LogP contribution in [0.5, 0.6) is 0 Å². The molecule has 2 aliphatic heterocycles. The molecule has 3 aromatic rings. The molecule has 5 heterocycles. The Kier molecular flexibility index (Phi) is 5.99. The molecule has 2 atom stereocenters. The molecule has 36 heavy (non-hydrogen) atoms. The number of hydrogen-bond acceptors (Lipinski definition) is 7. The Balaban J connectivity index is 1.56. The fourth-order valence-corrected chi connectivity index (χ4v) is 5.67. The SMILES string of the molecule is CCc1ccc(-c2cnn3c(N)c(C(C)=O)c(C4CC5CCC(C4)N5C(=O)C(N)=NC=N)nc23)cn1. The topological polar surface area (TPSA) is 169 Å². The molecule has 2 unspecified atom stereocenters. The van der Waals surface area contributed by atoms with Crippen LogP contribution in [0.1, 0.15) is 67.2 Å². The van der Waals surface area contributed by atoms with Crippen molar-refractivity contribution >= 4 is 35.3 Å². The normalized spacial score (nSPS) is 21.7. The molecule has 2 bridgehead atoms. The second kappa shape index (κ2) is 9.14. The molecule has 2 fully saturated rings. The third-order valence-corrected chi connectivity index (χ3v) is 7.34. The maximum absolute atomic E-state index is 12.9. The highest BCUT2D eigenvalue weighted by atomic mass is 16.2. The number of nitrogens with zero attached hydrogens (tertiary/aromatic N) is 6. The van der Waals surface area contributed by atoms with Gasteiger partial charge in [-0.15, -0.1) is 0 Å². The Labute approximate surface area is 208 Å². The summed E-state index contributed by atoms with van der Waals surface area (Å²) in [5, 5.41) is 11.5. The van der Waals surface area contributed by atoms with Crippen LogP contribution in [0.15, 0.2) is 29.5 Å². The number of nitrogens with one attached hydrogen (secondary N) is 1. The first-order valence-corrected chi connectivity index (χ1v) is 12.1. The van der Waals surface area contributed by atoms with E-state index >= 15 is 0 Å². The monoisotopic (exact) mass is 487 g/mol. The van der Waals surface area contributed by atoms with Gasteiger partial charge in [-0.05, 0) is 45.1 Å². The van der Waals surface area contributed by atoms with Crippen molar-refractivity contribution in [1.29, 1.82) is 5.41 Å². The van der Waals surface area contributed by atoms with E-state index in [1.165, 1.54) is 11.4 Å². The summed E-state index contributed by atoms with van der Waals surface area (Å²) in [5.41, 5.74) is 16.6. The van der Waals surface area contributed by atoms with Crippen molar-refractivity contribution in [3.8, 4) is 11.1 Å². The molecule has 186 valence electrons. The number of ketones is 1. The van der Waals surface area contributed by atoms with Crippen LogP contribution >= 0.6 is 0 Å². The molecule has 2 saturated heterocycles. The fourth-order valence-electron chi connectivity index (χ4n) is 5.67. The Hall–Kier alpha value is -4.15. The number of Topliss-reactive ketones (excluding diaryl/α,β-unsaturated/α-hetero) is 1. The van der Waals surface area contributed by atoms with Gasteiger partial charge in [0.15, 0.2) is 17.3 Å². The molecule has 0 spiro atoms. The number of hydrogen-bond donors (Lipinski definition) is 3. The van der Waals surface area contributed by atoms with Crippen LogP contribution in [0.25, 0.3) is 16.8 Å². The van der Waals surface area contributed by atoms with Gasteiger partial charge in [-0.25, -0.2) is 9.98 Å². The number of pyridine rings is 1. The number of amidine groups is 1.